The fourth-order valence-electron chi connectivity index (χ4n) is 2.70. The van der Waals surface area contributed by atoms with E-state index in [0.29, 0.717) is 10.9 Å². The van der Waals surface area contributed by atoms with Crippen molar-refractivity contribution in [1.29, 1.82) is 0 Å². The zero-order valence-electron chi connectivity index (χ0n) is 13.5. The van der Waals surface area contributed by atoms with Crippen LogP contribution in [0.4, 0.5) is 14.5 Å². The van der Waals surface area contributed by atoms with Crippen LogP contribution >= 0.6 is 0 Å². The summed E-state index contributed by atoms with van der Waals surface area (Å²) in [6, 6.07) is 9.40. The van der Waals surface area contributed by atoms with E-state index in [4.69, 9.17) is 0 Å². The second-order valence-corrected chi connectivity index (χ2v) is 5.53. The first kappa shape index (κ1) is 17.3. The summed E-state index contributed by atoms with van der Waals surface area (Å²) in [6.07, 6.45) is 1.49. The Kier molecular flexibility index (Phi) is 4.53. The third kappa shape index (κ3) is 2.95. The van der Waals surface area contributed by atoms with E-state index >= 15 is 0 Å². The zero-order valence-corrected chi connectivity index (χ0v) is 13.5. The van der Waals surface area contributed by atoms with Crippen molar-refractivity contribution >= 4 is 22.5 Å². The highest BCUT2D eigenvalue weighted by Crippen LogP contribution is 2.25. The number of nitrogens with one attached hydrogen (secondary N) is 1. The Morgan fingerprint density at radius 3 is 2.62 bits per heavy atom. The number of carbonyl (C=O) groups is 1. The molecule has 0 bridgehead atoms. The van der Waals surface area contributed by atoms with E-state index in [9.17, 15) is 23.5 Å². The molecule has 5 nitrogen and oxygen atoms in total. The van der Waals surface area contributed by atoms with Gasteiger partial charge in [0.1, 0.15) is 0 Å². The van der Waals surface area contributed by atoms with Crippen LogP contribution < -0.4 is 10.9 Å². The number of pyridine rings is 1. The van der Waals surface area contributed by atoms with Crippen LogP contribution in [0.2, 0.25) is 0 Å². The summed E-state index contributed by atoms with van der Waals surface area (Å²) in [6.45, 7) is 3.73. The molecule has 0 fully saturated rings. The van der Waals surface area contributed by atoms with Crippen LogP contribution in [0, 0.1) is 11.6 Å². The molecule has 0 spiro atoms. The number of carbonyl (C=O) groups excluding carboxylic acids is 1. The lowest BCUT2D eigenvalue weighted by Crippen LogP contribution is -2.24. The highest BCUT2D eigenvalue weighted by atomic mass is 19.2. The molecule has 0 radical (unpaired) electrons. The van der Waals surface area contributed by atoms with Crippen molar-refractivity contribution in [1.82, 2.24) is 4.57 Å². The number of nitrogens with zero attached hydrogens (tertiary/aromatic N) is 1. The predicted octanol–water partition coefficient (Wildman–Crippen LogP) is 3.42. The van der Waals surface area contributed by atoms with Gasteiger partial charge in [0.2, 0.25) is 0 Å². The van der Waals surface area contributed by atoms with Crippen LogP contribution in [0.3, 0.4) is 0 Å². The number of hydrogen-bond acceptors (Lipinski definition) is 3. The molecule has 1 heterocycles. The smallest absolute Gasteiger partial charge is 0.294 e. The summed E-state index contributed by atoms with van der Waals surface area (Å²) in [5, 5.41) is 13.0. The second kappa shape index (κ2) is 6.79. The van der Waals surface area contributed by atoms with Gasteiger partial charge in [-0.2, -0.15) is 0 Å². The fraction of sp³-hybridized carbons (Fsp3) is 0.0526. The van der Waals surface area contributed by atoms with Crippen molar-refractivity contribution in [2.24, 2.45) is 0 Å². The molecule has 0 atom stereocenters. The molecule has 0 unspecified atom stereocenters. The van der Waals surface area contributed by atoms with Gasteiger partial charge in [0.15, 0.2) is 17.4 Å². The summed E-state index contributed by atoms with van der Waals surface area (Å²) < 4.78 is 27.6. The molecule has 0 aliphatic carbocycles. The van der Waals surface area contributed by atoms with E-state index in [1.54, 1.807) is 24.3 Å². The summed E-state index contributed by atoms with van der Waals surface area (Å²) in [5.74, 6) is -3.72. The molecule has 132 valence electrons. The molecule has 0 saturated carbocycles. The number of hydrogen-bond donors (Lipinski definition) is 2. The van der Waals surface area contributed by atoms with E-state index in [0.717, 1.165) is 12.1 Å². The first-order chi connectivity index (χ1) is 12.4. The van der Waals surface area contributed by atoms with E-state index in [2.05, 4.69) is 11.9 Å². The lowest BCUT2D eigenvalue weighted by atomic mass is 10.1. The van der Waals surface area contributed by atoms with Crippen LogP contribution in [0.1, 0.15) is 10.4 Å². The lowest BCUT2D eigenvalue weighted by molar-refractivity contribution is 0.102. The third-order valence-electron chi connectivity index (χ3n) is 3.86. The van der Waals surface area contributed by atoms with Gasteiger partial charge in [-0.05, 0) is 18.2 Å². The van der Waals surface area contributed by atoms with Gasteiger partial charge in [-0.3, -0.25) is 9.59 Å². The van der Waals surface area contributed by atoms with Crippen LogP contribution in [0.5, 0.6) is 5.75 Å². The quantitative estimate of drug-likeness (QED) is 0.704. The number of anilines is 1. The molecule has 0 saturated heterocycles. The topological polar surface area (TPSA) is 71.3 Å². The molecule has 0 aliphatic heterocycles. The Bertz CT molecular complexity index is 1090. The van der Waals surface area contributed by atoms with E-state index in [1.807, 2.05) is 0 Å². The van der Waals surface area contributed by atoms with Crippen LogP contribution in [-0.2, 0) is 6.54 Å². The third-order valence-corrected chi connectivity index (χ3v) is 3.86. The SMILES string of the molecule is C=CCn1c(=O)c(O)c(C(=O)Nc2ccc(F)c(F)c2)c2ccccc21. The molecule has 7 heteroatoms. The number of aromatic nitrogens is 1. The van der Waals surface area contributed by atoms with Gasteiger partial charge < -0.3 is 15.0 Å². The van der Waals surface area contributed by atoms with Crippen LogP contribution in [-0.4, -0.2) is 15.6 Å². The molecular weight excluding hydrogens is 342 g/mol. The van der Waals surface area contributed by atoms with Crippen LogP contribution in [0.15, 0.2) is 59.9 Å². The fourth-order valence-corrected chi connectivity index (χ4v) is 2.70. The number of allylic oxidation sites excluding steroid dienone is 1. The molecule has 0 aliphatic rings. The summed E-state index contributed by atoms with van der Waals surface area (Å²) in [4.78, 5) is 25.0. The normalized spacial score (nSPS) is 10.7. The Morgan fingerprint density at radius 1 is 1.19 bits per heavy atom. The van der Waals surface area contributed by atoms with E-state index in [-0.39, 0.29) is 17.8 Å². The van der Waals surface area contributed by atoms with Gasteiger partial charge in [-0.1, -0.05) is 24.3 Å². The first-order valence-electron chi connectivity index (χ1n) is 7.66. The van der Waals surface area contributed by atoms with Gasteiger partial charge in [-0.15, -0.1) is 6.58 Å². The average molecular weight is 356 g/mol. The minimum atomic E-state index is -1.13. The molecule has 1 amide bonds. The molecule has 3 aromatic rings. The van der Waals surface area contributed by atoms with Crippen molar-refractivity contribution < 1.29 is 18.7 Å². The monoisotopic (exact) mass is 356 g/mol. The number of amides is 1. The summed E-state index contributed by atoms with van der Waals surface area (Å²) >= 11 is 0. The van der Waals surface area contributed by atoms with Crippen LogP contribution in [0.25, 0.3) is 10.9 Å². The van der Waals surface area contributed by atoms with Crippen molar-refractivity contribution in [3.63, 3.8) is 0 Å². The molecule has 26 heavy (non-hydrogen) atoms. The molecule has 3 rings (SSSR count). The lowest BCUT2D eigenvalue weighted by Gasteiger charge is -2.14. The molecular formula is C19H14F2N2O3. The molecule has 2 aromatic carbocycles. The van der Waals surface area contributed by atoms with Crippen molar-refractivity contribution in [2.75, 3.05) is 5.32 Å². The van der Waals surface area contributed by atoms with E-state index in [1.165, 1.54) is 16.7 Å². The maximum absolute atomic E-state index is 13.3. The maximum atomic E-state index is 13.3. The Labute approximate surface area is 146 Å². The number of aromatic hydroxyl groups is 1. The number of benzene rings is 2. The Balaban J connectivity index is 2.15. The van der Waals surface area contributed by atoms with Crippen molar-refractivity contribution in [2.45, 2.75) is 6.54 Å². The van der Waals surface area contributed by atoms with Gasteiger partial charge in [0.25, 0.3) is 11.5 Å². The minimum absolute atomic E-state index is 0.00680. The summed E-state index contributed by atoms with van der Waals surface area (Å²) in [5.41, 5.74) is -0.562. The van der Waals surface area contributed by atoms with Gasteiger partial charge in [-0.25, -0.2) is 8.78 Å². The molecule has 2 N–H and O–H groups in total. The van der Waals surface area contributed by atoms with Crippen molar-refractivity contribution in [3.05, 3.63) is 82.7 Å². The van der Waals surface area contributed by atoms with Gasteiger partial charge in [0.05, 0.1) is 11.1 Å². The summed E-state index contributed by atoms with van der Waals surface area (Å²) in [7, 11) is 0. The second-order valence-electron chi connectivity index (χ2n) is 5.53. The van der Waals surface area contributed by atoms with Gasteiger partial charge in [0, 0.05) is 23.7 Å². The minimum Gasteiger partial charge on any atom is -0.502 e. The van der Waals surface area contributed by atoms with E-state index < -0.39 is 28.9 Å². The largest absolute Gasteiger partial charge is 0.502 e. The number of halogens is 2. The molecule has 1 aromatic heterocycles. The standard InChI is InChI=1S/C19H14F2N2O3/c1-2-9-23-15-6-4-3-5-12(15)16(17(24)19(23)26)18(25)22-11-7-8-13(20)14(21)10-11/h2-8,10,24H,1,9H2,(H,22,25). The van der Waals surface area contributed by atoms with Gasteiger partial charge >= 0.3 is 0 Å². The highest BCUT2D eigenvalue weighted by molar-refractivity contribution is 6.14. The first-order valence-corrected chi connectivity index (χ1v) is 7.66. The maximum Gasteiger partial charge on any atom is 0.294 e. The zero-order chi connectivity index (χ0) is 18.8. The highest BCUT2D eigenvalue weighted by Gasteiger charge is 2.21. The number of fused-ring (bicyclic) bond motifs is 1. The number of rotatable bonds is 4. The Hall–Kier alpha value is -3.48. The predicted molar refractivity (Wildman–Crippen MR) is 94.4 cm³/mol. The Morgan fingerprint density at radius 2 is 1.92 bits per heavy atom. The van der Waals surface area contributed by atoms with Crippen molar-refractivity contribution in [3.8, 4) is 5.75 Å². The number of para-hydroxylation sites is 1. The average Bonchev–Trinajstić information content (AvgIpc) is 2.62.